The van der Waals surface area contributed by atoms with Crippen LogP contribution in [0.15, 0.2) is 72.8 Å². The number of nitrogens with one attached hydrogen (secondary N) is 1. The number of benzene rings is 3. The van der Waals surface area contributed by atoms with Crippen molar-refractivity contribution in [1.82, 2.24) is 0 Å². The lowest BCUT2D eigenvalue weighted by Crippen LogP contribution is -2.43. The van der Waals surface area contributed by atoms with Crippen LogP contribution in [0.4, 0.5) is 11.4 Å². The molecule has 6 nitrogen and oxygen atoms in total. The van der Waals surface area contributed by atoms with Crippen LogP contribution in [0, 0.1) is 0 Å². The van der Waals surface area contributed by atoms with Crippen molar-refractivity contribution in [3.8, 4) is 5.75 Å². The summed E-state index contributed by atoms with van der Waals surface area (Å²) in [4.78, 5) is 25.5. The number of ether oxygens (including phenoxy) is 1. The Morgan fingerprint density at radius 1 is 1.03 bits per heavy atom. The molecule has 1 atom stereocenters. The van der Waals surface area contributed by atoms with Crippen LogP contribution in [0.1, 0.15) is 22.1 Å². The van der Waals surface area contributed by atoms with Gasteiger partial charge in [0.1, 0.15) is 18.5 Å². The first kappa shape index (κ1) is 18.8. The van der Waals surface area contributed by atoms with E-state index in [0.717, 1.165) is 11.3 Å². The predicted molar refractivity (Wildman–Crippen MR) is 108 cm³/mol. The highest BCUT2D eigenvalue weighted by atomic mass is 35.5. The van der Waals surface area contributed by atoms with Crippen molar-refractivity contribution in [2.45, 2.75) is 6.17 Å². The smallest absolute Gasteiger partial charge is 0.262 e. The van der Waals surface area contributed by atoms with Gasteiger partial charge in [-0.25, -0.2) is 0 Å². The van der Waals surface area contributed by atoms with Crippen LogP contribution in [0.3, 0.4) is 0 Å². The highest BCUT2D eigenvalue weighted by Crippen LogP contribution is 2.37. The summed E-state index contributed by atoms with van der Waals surface area (Å²) in [5.74, 6) is -1.03. The van der Waals surface area contributed by atoms with Crippen LogP contribution < -0.4 is 20.1 Å². The van der Waals surface area contributed by atoms with Gasteiger partial charge in [0.2, 0.25) is 0 Å². The Kier molecular flexibility index (Phi) is 5.10. The molecule has 0 saturated carbocycles. The van der Waals surface area contributed by atoms with E-state index in [1.165, 1.54) is 0 Å². The molecule has 0 aromatic heterocycles. The van der Waals surface area contributed by atoms with Gasteiger partial charge >= 0.3 is 0 Å². The van der Waals surface area contributed by atoms with Gasteiger partial charge in [-0.05, 0) is 54.1 Å². The third-order valence-corrected chi connectivity index (χ3v) is 4.84. The molecule has 1 amide bonds. The number of para-hydroxylation sites is 1. The maximum Gasteiger partial charge on any atom is 0.262 e. The Labute approximate surface area is 172 Å². The summed E-state index contributed by atoms with van der Waals surface area (Å²) in [6.07, 6.45) is -0.464. The molecule has 3 aromatic rings. The van der Waals surface area contributed by atoms with E-state index in [2.05, 4.69) is 5.32 Å². The minimum atomic E-state index is -1.29. The van der Waals surface area contributed by atoms with Gasteiger partial charge in [0, 0.05) is 16.4 Å². The molecule has 0 radical (unpaired) electrons. The fraction of sp³-hybridized carbons (Fsp3) is 0.0909. The molecular formula is C22H16ClN2O4-. The number of carboxylic acid groups (broad SMARTS) is 1. The highest BCUT2D eigenvalue weighted by molar-refractivity contribution is 6.30. The van der Waals surface area contributed by atoms with E-state index < -0.39 is 18.7 Å². The van der Waals surface area contributed by atoms with E-state index >= 15 is 0 Å². The number of carboxylic acids is 1. The molecule has 146 valence electrons. The number of amides is 1. The van der Waals surface area contributed by atoms with Crippen LogP contribution in [0.2, 0.25) is 5.02 Å². The number of aliphatic carboxylic acids is 1. The van der Waals surface area contributed by atoms with Crippen molar-refractivity contribution in [3.63, 3.8) is 0 Å². The topological polar surface area (TPSA) is 81.7 Å². The summed E-state index contributed by atoms with van der Waals surface area (Å²) >= 11 is 6.01. The number of halogens is 1. The highest BCUT2D eigenvalue weighted by Gasteiger charge is 2.33. The van der Waals surface area contributed by atoms with Crippen molar-refractivity contribution in [2.75, 3.05) is 16.8 Å². The first-order chi connectivity index (χ1) is 14.0. The zero-order chi connectivity index (χ0) is 20.4. The van der Waals surface area contributed by atoms with Gasteiger partial charge in [0.15, 0.2) is 0 Å². The Morgan fingerprint density at radius 3 is 2.41 bits per heavy atom. The predicted octanol–water partition coefficient (Wildman–Crippen LogP) is 3.24. The van der Waals surface area contributed by atoms with E-state index in [9.17, 15) is 14.7 Å². The number of rotatable bonds is 5. The number of hydrogen-bond donors (Lipinski definition) is 1. The molecule has 0 saturated heterocycles. The van der Waals surface area contributed by atoms with E-state index in [1.807, 2.05) is 18.2 Å². The average Bonchev–Trinajstić information content (AvgIpc) is 2.73. The summed E-state index contributed by atoms with van der Waals surface area (Å²) in [7, 11) is 0. The molecule has 0 fully saturated rings. The largest absolute Gasteiger partial charge is 0.546 e. The normalized spacial score (nSPS) is 15.4. The molecule has 1 aliphatic heterocycles. The Bertz CT molecular complexity index is 1050. The number of anilines is 2. The Hall–Kier alpha value is -3.51. The van der Waals surface area contributed by atoms with Gasteiger partial charge in [0.25, 0.3) is 5.91 Å². The van der Waals surface area contributed by atoms with Crippen molar-refractivity contribution in [2.24, 2.45) is 0 Å². The molecule has 1 aliphatic rings. The zero-order valence-corrected chi connectivity index (χ0v) is 15.9. The number of carbonyl (C=O) groups excluding carboxylic acids is 2. The maximum absolute atomic E-state index is 13.3. The van der Waals surface area contributed by atoms with E-state index in [-0.39, 0.29) is 5.91 Å². The molecule has 0 aliphatic carbocycles. The fourth-order valence-corrected chi connectivity index (χ4v) is 3.37. The van der Waals surface area contributed by atoms with Crippen LogP contribution >= 0.6 is 11.6 Å². The molecule has 4 rings (SSSR count). The lowest BCUT2D eigenvalue weighted by Gasteiger charge is -2.38. The van der Waals surface area contributed by atoms with Crippen molar-refractivity contribution >= 4 is 34.9 Å². The number of carbonyl (C=O) groups is 2. The minimum absolute atomic E-state index is 0.135. The minimum Gasteiger partial charge on any atom is -0.546 e. The fourth-order valence-electron chi connectivity index (χ4n) is 3.24. The molecule has 29 heavy (non-hydrogen) atoms. The van der Waals surface area contributed by atoms with Crippen LogP contribution in [0.5, 0.6) is 5.75 Å². The van der Waals surface area contributed by atoms with Gasteiger partial charge in [-0.1, -0.05) is 35.9 Å². The standard InChI is InChI=1S/C22H17ClN2O4/c23-15-7-9-16(10-8-15)25-21(24-19-4-2-1-3-18(19)22(25)28)14-5-11-17(12-6-14)29-13-20(26)27/h1-12,21,24H,13H2,(H,26,27)/p-1/t21-/m0/s1. The summed E-state index contributed by atoms with van der Waals surface area (Å²) < 4.78 is 5.13. The third kappa shape index (κ3) is 3.88. The van der Waals surface area contributed by atoms with Crippen molar-refractivity contribution < 1.29 is 19.4 Å². The summed E-state index contributed by atoms with van der Waals surface area (Å²) in [5.41, 5.74) is 2.82. The summed E-state index contributed by atoms with van der Waals surface area (Å²) in [6, 6.07) is 21.3. The number of fused-ring (bicyclic) bond motifs is 1. The van der Waals surface area contributed by atoms with Crippen molar-refractivity contribution in [3.05, 3.63) is 88.9 Å². The quantitative estimate of drug-likeness (QED) is 0.702. The molecule has 1 heterocycles. The molecular weight excluding hydrogens is 392 g/mol. The first-order valence-electron chi connectivity index (χ1n) is 8.90. The summed E-state index contributed by atoms with van der Waals surface area (Å²) in [6.45, 7) is -0.524. The second-order valence-electron chi connectivity index (χ2n) is 6.47. The molecule has 0 spiro atoms. The van der Waals surface area contributed by atoms with E-state index in [1.54, 1.807) is 59.5 Å². The molecule has 1 N–H and O–H groups in total. The van der Waals surface area contributed by atoms with Gasteiger partial charge in [0.05, 0.1) is 11.5 Å². The van der Waals surface area contributed by atoms with E-state index in [0.29, 0.717) is 22.0 Å². The number of nitrogens with zero attached hydrogens (tertiary/aromatic N) is 1. The zero-order valence-electron chi connectivity index (χ0n) is 15.2. The van der Waals surface area contributed by atoms with Crippen LogP contribution in [0.25, 0.3) is 0 Å². The Balaban J connectivity index is 1.71. The van der Waals surface area contributed by atoms with Crippen LogP contribution in [-0.4, -0.2) is 18.5 Å². The lowest BCUT2D eigenvalue weighted by molar-refractivity contribution is -0.307. The van der Waals surface area contributed by atoms with Gasteiger partial charge in [-0.2, -0.15) is 0 Å². The molecule has 0 bridgehead atoms. The molecule has 3 aromatic carbocycles. The molecule has 7 heteroatoms. The first-order valence-corrected chi connectivity index (χ1v) is 9.28. The monoisotopic (exact) mass is 407 g/mol. The summed E-state index contributed by atoms with van der Waals surface area (Å²) in [5, 5.41) is 14.5. The Morgan fingerprint density at radius 2 is 1.72 bits per heavy atom. The second kappa shape index (κ2) is 7.85. The van der Waals surface area contributed by atoms with E-state index in [4.69, 9.17) is 16.3 Å². The molecule has 0 unspecified atom stereocenters. The van der Waals surface area contributed by atoms with Crippen molar-refractivity contribution in [1.29, 1.82) is 0 Å². The lowest BCUT2D eigenvalue weighted by atomic mass is 10.0. The average molecular weight is 408 g/mol. The number of hydrogen-bond acceptors (Lipinski definition) is 5. The third-order valence-electron chi connectivity index (χ3n) is 4.58. The van der Waals surface area contributed by atoms with Gasteiger partial charge in [-0.3, -0.25) is 9.69 Å². The van der Waals surface area contributed by atoms with Crippen LogP contribution in [-0.2, 0) is 4.79 Å². The maximum atomic E-state index is 13.3. The van der Waals surface area contributed by atoms with Gasteiger partial charge in [-0.15, -0.1) is 0 Å². The second-order valence-corrected chi connectivity index (χ2v) is 6.91. The SMILES string of the molecule is O=C([O-])COc1ccc([C@H]2Nc3ccccc3C(=O)N2c2ccc(Cl)cc2)cc1. The van der Waals surface area contributed by atoms with Gasteiger partial charge < -0.3 is 20.0 Å².